The van der Waals surface area contributed by atoms with Crippen molar-refractivity contribution in [3.8, 4) is 0 Å². The lowest BCUT2D eigenvalue weighted by Crippen LogP contribution is -2.48. The van der Waals surface area contributed by atoms with E-state index >= 15 is 0 Å². The normalized spacial score (nSPS) is 23.8. The van der Waals surface area contributed by atoms with Crippen LogP contribution in [0.15, 0.2) is 16.0 Å². The highest BCUT2D eigenvalue weighted by Gasteiger charge is 2.50. The largest absolute Gasteiger partial charge is 0.463 e. The molecule has 0 unspecified atom stereocenters. The second-order valence-electron chi connectivity index (χ2n) is 6.05. The minimum absolute atomic E-state index is 0.0203. The number of alkyl halides is 1. The second-order valence-corrected chi connectivity index (χ2v) is 7.64. The minimum Gasteiger partial charge on any atom is -0.463 e. The molecule has 1 fully saturated rings. The first-order chi connectivity index (χ1) is 13.6. The van der Waals surface area contributed by atoms with E-state index in [4.69, 9.17) is 14.2 Å². The van der Waals surface area contributed by atoms with Crippen molar-refractivity contribution in [1.82, 2.24) is 9.97 Å². The van der Waals surface area contributed by atoms with Gasteiger partial charge < -0.3 is 19.2 Å². The van der Waals surface area contributed by atoms with Crippen LogP contribution in [-0.2, 0) is 28.6 Å². The molecule has 0 spiro atoms. The summed E-state index contributed by atoms with van der Waals surface area (Å²) in [5, 5.41) is 0. The molecule has 10 nitrogen and oxygen atoms in total. The smallest absolute Gasteiger partial charge is 0.346 e. The Morgan fingerprint density at radius 3 is 2.55 bits per heavy atom. The highest BCUT2D eigenvalue weighted by atomic mass is 79.9. The summed E-state index contributed by atoms with van der Waals surface area (Å²) in [6, 6.07) is 0. The number of amides is 1. The Bertz CT molecular complexity index is 873. The average molecular weight is 537 g/mol. The lowest BCUT2D eigenvalue weighted by Gasteiger charge is -2.31. The fourth-order valence-corrected chi connectivity index (χ4v) is 3.71. The Labute approximate surface area is 182 Å². The molecule has 2 heterocycles. The zero-order valence-corrected chi connectivity index (χ0v) is 18.9. The van der Waals surface area contributed by atoms with Crippen LogP contribution in [-0.4, -0.2) is 57.7 Å². The van der Waals surface area contributed by atoms with E-state index in [-0.39, 0.29) is 12.4 Å². The van der Waals surface area contributed by atoms with Crippen LogP contribution in [0.25, 0.3) is 6.08 Å². The number of hydrogen-bond donors (Lipinski definition) is 1. The first-order valence-electron chi connectivity index (χ1n) is 8.42. The monoisotopic (exact) mass is 535 g/mol. The summed E-state index contributed by atoms with van der Waals surface area (Å²) in [5.74, 6) is -1.58. The van der Waals surface area contributed by atoms with Crippen molar-refractivity contribution in [3.63, 3.8) is 0 Å². The number of halogens is 2. The number of H-pyrrole nitrogens is 1. The number of rotatable bonds is 6. The number of nitrogens with zero attached hydrogens (tertiary/aromatic N) is 2. The standard InChI is InChI=1S/C17H19Br2N3O7/c1-8(23)22(15-11(4-5-18)6-20-17(26)21-15)16-14(28-10(3)25)13(19)12(29-16)7-27-9(2)24/h4-6,12-14,16H,7H2,1-3H3,(H,20,21,26)/t12-,13+,14-,16-/m1/s1. The van der Waals surface area contributed by atoms with Gasteiger partial charge in [0.2, 0.25) is 5.91 Å². The maximum atomic E-state index is 12.5. The Balaban J connectivity index is 2.50. The molecule has 2 rings (SSSR count). The van der Waals surface area contributed by atoms with Crippen LogP contribution in [0.1, 0.15) is 26.3 Å². The van der Waals surface area contributed by atoms with Crippen molar-refractivity contribution in [2.75, 3.05) is 11.5 Å². The molecule has 1 N–H and O–H groups in total. The summed E-state index contributed by atoms with van der Waals surface area (Å²) < 4.78 is 16.3. The number of nitrogens with one attached hydrogen (secondary N) is 1. The van der Waals surface area contributed by atoms with Gasteiger partial charge in [0, 0.05) is 32.5 Å². The molecule has 1 amide bonds. The van der Waals surface area contributed by atoms with Crippen LogP contribution in [0.4, 0.5) is 5.82 Å². The predicted molar refractivity (Wildman–Crippen MR) is 110 cm³/mol. The molecule has 1 aliphatic heterocycles. The molecule has 0 saturated carbocycles. The Kier molecular flexibility index (Phi) is 8.11. The van der Waals surface area contributed by atoms with Crippen molar-refractivity contribution < 1.29 is 28.6 Å². The maximum absolute atomic E-state index is 12.5. The molecule has 1 saturated heterocycles. The molecular weight excluding hydrogens is 518 g/mol. The van der Waals surface area contributed by atoms with E-state index in [0.29, 0.717) is 5.56 Å². The lowest BCUT2D eigenvalue weighted by molar-refractivity contribution is -0.150. The van der Waals surface area contributed by atoms with E-state index in [1.807, 2.05) is 0 Å². The van der Waals surface area contributed by atoms with Crippen molar-refractivity contribution >= 4 is 61.6 Å². The third-order valence-corrected chi connectivity index (χ3v) is 5.27. The molecule has 29 heavy (non-hydrogen) atoms. The Hall–Kier alpha value is -2.05. The third kappa shape index (κ3) is 5.73. The Morgan fingerprint density at radius 1 is 1.31 bits per heavy atom. The molecule has 4 atom stereocenters. The topological polar surface area (TPSA) is 128 Å². The molecule has 0 bridgehead atoms. The first kappa shape index (κ1) is 23.2. The van der Waals surface area contributed by atoms with Gasteiger partial charge in [0.15, 0.2) is 18.1 Å². The van der Waals surface area contributed by atoms with Crippen LogP contribution in [0, 0.1) is 0 Å². The lowest BCUT2D eigenvalue weighted by atomic mass is 10.1. The van der Waals surface area contributed by atoms with Gasteiger partial charge in [-0.3, -0.25) is 19.3 Å². The summed E-state index contributed by atoms with van der Waals surface area (Å²) in [5.41, 5.74) is -0.261. The zero-order valence-electron chi connectivity index (χ0n) is 15.8. The number of carbonyl (C=O) groups is 3. The number of ether oxygens (including phenoxy) is 3. The molecule has 0 aliphatic carbocycles. The predicted octanol–water partition coefficient (Wildman–Crippen LogP) is 1.47. The molecule has 1 aliphatic rings. The van der Waals surface area contributed by atoms with Gasteiger partial charge in [-0.2, -0.15) is 4.98 Å². The summed E-state index contributed by atoms with van der Waals surface area (Å²) in [6.45, 7) is 3.61. The van der Waals surface area contributed by atoms with Gasteiger partial charge in [-0.15, -0.1) is 0 Å². The molecule has 1 aromatic heterocycles. The van der Waals surface area contributed by atoms with Gasteiger partial charge in [-0.1, -0.05) is 31.9 Å². The average Bonchev–Trinajstić information content (AvgIpc) is 2.91. The summed E-state index contributed by atoms with van der Waals surface area (Å²) in [6.07, 6.45) is 0.187. The van der Waals surface area contributed by atoms with Gasteiger partial charge in [0.1, 0.15) is 12.7 Å². The molecule has 0 aromatic carbocycles. The van der Waals surface area contributed by atoms with Crippen molar-refractivity contribution in [2.24, 2.45) is 0 Å². The van der Waals surface area contributed by atoms with Crippen molar-refractivity contribution in [1.29, 1.82) is 0 Å². The molecule has 12 heteroatoms. The van der Waals surface area contributed by atoms with Gasteiger partial charge in [-0.25, -0.2) is 4.79 Å². The molecular formula is C17H19Br2N3O7. The van der Waals surface area contributed by atoms with Crippen LogP contribution >= 0.6 is 31.9 Å². The molecule has 158 valence electrons. The SMILES string of the molecule is CC(=O)OC[C@H]1O[C@@H](N(C(C)=O)c2nc(=O)[nH]cc2C=CBr)[C@H](OC(C)=O)[C@H]1Br. The van der Waals surface area contributed by atoms with Gasteiger partial charge in [0.05, 0.1) is 4.83 Å². The number of esters is 2. The van der Waals surface area contributed by atoms with E-state index in [9.17, 15) is 19.2 Å². The number of carbonyl (C=O) groups excluding carboxylic acids is 3. The molecule has 0 radical (unpaired) electrons. The van der Waals surface area contributed by atoms with Crippen molar-refractivity contribution in [3.05, 3.63) is 27.2 Å². The zero-order chi connectivity index (χ0) is 21.7. The fraction of sp³-hybridized carbons (Fsp3) is 0.471. The van der Waals surface area contributed by atoms with Gasteiger partial charge in [-0.05, 0) is 11.1 Å². The van der Waals surface area contributed by atoms with E-state index in [1.165, 1.54) is 32.0 Å². The summed E-state index contributed by atoms with van der Waals surface area (Å²) >= 11 is 6.55. The highest BCUT2D eigenvalue weighted by molar-refractivity contribution is 9.11. The minimum atomic E-state index is -1.11. The van der Waals surface area contributed by atoms with Crippen LogP contribution in [0.5, 0.6) is 0 Å². The first-order valence-corrected chi connectivity index (χ1v) is 10.2. The van der Waals surface area contributed by atoms with Gasteiger partial charge in [0.25, 0.3) is 0 Å². The molecule has 1 aromatic rings. The highest BCUT2D eigenvalue weighted by Crippen LogP contribution is 2.35. The Morgan fingerprint density at radius 2 is 2.00 bits per heavy atom. The number of anilines is 1. The third-order valence-electron chi connectivity index (χ3n) is 3.90. The van der Waals surface area contributed by atoms with Crippen LogP contribution in [0.2, 0.25) is 0 Å². The van der Waals surface area contributed by atoms with Crippen LogP contribution < -0.4 is 10.6 Å². The second kappa shape index (κ2) is 10.1. The van der Waals surface area contributed by atoms with Crippen LogP contribution in [0.3, 0.4) is 0 Å². The number of hydrogen-bond acceptors (Lipinski definition) is 8. The van der Waals surface area contributed by atoms with Crippen molar-refractivity contribution in [2.45, 2.75) is 44.0 Å². The number of aromatic nitrogens is 2. The summed E-state index contributed by atoms with van der Waals surface area (Å²) in [4.78, 5) is 55.6. The van der Waals surface area contributed by atoms with E-state index in [2.05, 4.69) is 41.8 Å². The number of aromatic amines is 1. The quantitative estimate of drug-likeness (QED) is 0.427. The van der Waals surface area contributed by atoms with E-state index < -0.39 is 46.8 Å². The van der Waals surface area contributed by atoms with E-state index in [0.717, 1.165) is 4.90 Å². The van der Waals surface area contributed by atoms with Gasteiger partial charge >= 0.3 is 17.6 Å². The maximum Gasteiger partial charge on any atom is 0.346 e. The fourth-order valence-electron chi connectivity index (χ4n) is 2.78. The van der Waals surface area contributed by atoms with E-state index in [1.54, 1.807) is 6.08 Å². The summed E-state index contributed by atoms with van der Waals surface area (Å²) in [7, 11) is 0.